The van der Waals surface area contributed by atoms with Gasteiger partial charge in [-0.05, 0) is 38.1 Å². The maximum absolute atomic E-state index is 11.4. The molecule has 1 aromatic carbocycles. The minimum atomic E-state index is -1.04. The zero-order valence-corrected chi connectivity index (χ0v) is 13.9. The molecule has 128 valence electrons. The van der Waals surface area contributed by atoms with E-state index in [4.69, 9.17) is 9.47 Å². The molecule has 1 atom stereocenters. The number of ether oxygens (including phenoxy) is 2. The summed E-state index contributed by atoms with van der Waals surface area (Å²) in [5.41, 5.74) is 1.42. The van der Waals surface area contributed by atoms with E-state index in [1.54, 1.807) is 37.6 Å². The smallest absolute Gasteiger partial charge is 0.339 e. The number of carboxylic acid groups (broad SMARTS) is 1. The summed E-state index contributed by atoms with van der Waals surface area (Å²) in [4.78, 5) is 20.0. The number of aromatic nitrogens is 2. The maximum Gasteiger partial charge on any atom is 0.339 e. The van der Waals surface area contributed by atoms with Crippen molar-refractivity contribution in [1.82, 2.24) is 9.97 Å². The zero-order chi connectivity index (χ0) is 17.5. The number of rotatable bonds is 8. The zero-order valence-electron chi connectivity index (χ0n) is 13.9. The predicted molar refractivity (Wildman–Crippen MR) is 90.6 cm³/mol. The average molecular weight is 331 g/mol. The summed E-state index contributed by atoms with van der Waals surface area (Å²) in [7, 11) is 1.63. The third-order valence-electron chi connectivity index (χ3n) is 3.25. The molecule has 0 saturated heterocycles. The lowest BCUT2D eigenvalue weighted by molar-refractivity contribution is 0.0692. The Morgan fingerprint density at radius 2 is 2.17 bits per heavy atom. The van der Waals surface area contributed by atoms with E-state index in [1.165, 1.54) is 0 Å². The monoisotopic (exact) mass is 331 g/mol. The standard InChI is InChI=1S/C17H21N3O4/c1-4-24-15-6-5-12(9-13(15)16(21)22)14-7-8-18-17(20-14)19-11(2)10-23-3/h5-9,11H,4,10H2,1-3H3,(H,21,22)(H,18,19,20)/t11-/m0/s1. The van der Waals surface area contributed by atoms with Crippen LogP contribution < -0.4 is 10.1 Å². The minimum Gasteiger partial charge on any atom is -0.493 e. The number of nitrogens with one attached hydrogen (secondary N) is 1. The van der Waals surface area contributed by atoms with Crippen molar-refractivity contribution in [2.45, 2.75) is 19.9 Å². The Hall–Kier alpha value is -2.67. The SMILES string of the molecule is CCOc1ccc(-c2ccnc(N[C@@H](C)COC)n2)cc1C(=O)O. The fourth-order valence-electron chi connectivity index (χ4n) is 2.24. The van der Waals surface area contributed by atoms with Crippen molar-refractivity contribution >= 4 is 11.9 Å². The molecule has 0 aliphatic carbocycles. The Balaban J connectivity index is 2.31. The number of nitrogens with zero attached hydrogens (tertiary/aromatic N) is 2. The summed E-state index contributed by atoms with van der Waals surface area (Å²) in [6.45, 7) is 4.69. The average Bonchev–Trinajstić information content (AvgIpc) is 2.55. The van der Waals surface area contributed by atoms with Crippen molar-refractivity contribution in [3.8, 4) is 17.0 Å². The molecule has 2 rings (SSSR count). The van der Waals surface area contributed by atoms with Crippen LogP contribution in [0.4, 0.5) is 5.95 Å². The van der Waals surface area contributed by atoms with Gasteiger partial charge in [-0.2, -0.15) is 0 Å². The van der Waals surface area contributed by atoms with Crippen molar-refractivity contribution in [2.24, 2.45) is 0 Å². The summed E-state index contributed by atoms with van der Waals surface area (Å²) in [5, 5.41) is 12.5. The van der Waals surface area contributed by atoms with Gasteiger partial charge in [0.25, 0.3) is 0 Å². The first-order chi connectivity index (χ1) is 11.5. The normalized spacial score (nSPS) is 11.8. The molecule has 7 heteroatoms. The lowest BCUT2D eigenvalue weighted by atomic mass is 10.1. The minimum absolute atomic E-state index is 0.0557. The van der Waals surface area contributed by atoms with Crippen LogP contribution in [0.15, 0.2) is 30.5 Å². The molecule has 0 fully saturated rings. The predicted octanol–water partition coefficient (Wildman–Crippen LogP) is 2.69. The number of methoxy groups -OCH3 is 1. The number of hydrogen-bond acceptors (Lipinski definition) is 6. The van der Waals surface area contributed by atoms with Gasteiger partial charge in [0, 0.05) is 24.9 Å². The molecular weight excluding hydrogens is 310 g/mol. The molecule has 0 aliphatic heterocycles. The van der Waals surface area contributed by atoms with E-state index in [0.29, 0.717) is 36.2 Å². The van der Waals surface area contributed by atoms with E-state index in [1.807, 2.05) is 13.8 Å². The van der Waals surface area contributed by atoms with Crippen LogP contribution in [0.5, 0.6) is 5.75 Å². The van der Waals surface area contributed by atoms with Crippen LogP contribution in [0.2, 0.25) is 0 Å². The number of benzene rings is 1. The second-order valence-electron chi connectivity index (χ2n) is 5.22. The number of hydrogen-bond donors (Lipinski definition) is 2. The van der Waals surface area contributed by atoms with Crippen LogP contribution in [0.25, 0.3) is 11.3 Å². The quantitative estimate of drug-likeness (QED) is 0.768. The fourth-order valence-corrected chi connectivity index (χ4v) is 2.24. The van der Waals surface area contributed by atoms with E-state index >= 15 is 0 Å². The largest absolute Gasteiger partial charge is 0.493 e. The van der Waals surface area contributed by atoms with Gasteiger partial charge in [0.1, 0.15) is 11.3 Å². The van der Waals surface area contributed by atoms with Gasteiger partial charge in [-0.15, -0.1) is 0 Å². The summed E-state index contributed by atoms with van der Waals surface area (Å²) < 4.78 is 10.4. The van der Waals surface area contributed by atoms with Crippen molar-refractivity contribution in [2.75, 3.05) is 25.6 Å². The van der Waals surface area contributed by atoms with Crippen molar-refractivity contribution < 1.29 is 19.4 Å². The van der Waals surface area contributed by atoms with Crippen molar-refractivity contribution in [3.05, 3.63) is 36.0 Å². The number of carbonyl (C=O) groups is 1. The van der Waals surface area contributed by atoms with Crippen LogP contribution in [0, 0.1) is 0 Å². The van der Waals surface area contributed by atoms with E-state index in [0.717, 1.165) is 0 Å². The molecule has 2 aromatic rings. The number of carboxylic acids is 1. The van der Waals surface area contributed by atoms with Gasteiger partial charge in [-0.1, -0.05) is 0 Å². The van der Waals surface area contributed by atoms with E-state index in [2.05, 4.69) is 15.3 Å². The number of anilines is 1. The molecule has 0 bridgehead atoms. The summed E-state index contributed by atoms with van der Waals surface area (Å²) in [6.07, 6.45) is 1.63. The van der Waals surface area contributed by atoms with Gasteiger partial charge < -0.3 is 19.9 Å². The molecule has 2 N–H and O–H groups in total. The van der Waals surface area contributed by atoms with Crippen LogP contribution in [0.1, 0.15) is 24.2 Å². The van der Waals surface area contributed by atoms with Crippen LogP contribution in [0.3, 0.4) is 0 Å². The maximum atomic E-state index is 11.4. The molecule has 0 aliphatic rings. The van der Waals surface area contributed by atoms with Crippen LogP contribution >= 0.6 is 0 Å². The second-order valence-corrected chi connectivity index (χ2v) is 5.22. The molecule has 7 nitrogen and oxygen atoms in total. The first kappa shape index (κ1) is 17.7. The van der Waals surface area contributed by atoms with Gasteiger partial charge in [-0.3, -0.25) is 0 Å². The Labute approximate surface area is 140 Å². The molecule has 0 unspecified atom stereocenters. The van der Waals surface area contributed by atoms with Crippen molar-refractivity contribution in [1.29, 1.82) is 0 Å². The summed E-state index contributed by atoms with van der Waals surface area (Å²) in [6, 6.07) is 6.76. The molecule has 0 spiro atoms. The molecule has 1 aromatic heterocycles. The van der Waals surface area contributed by atoms with Gasteiger partial charge in [-0.25, -0.2) is 14.8 Å². The molecule has 24 heavy (non-hydrogen) atoms. The highest BCUT2D eigenvalue weighted by atomic mass is 16.5. The summed E-state index contributed by atoms with van der Waals surface area (Å²) in [5.74, 6) is -0.237. The third kappa shape index (κ3) is 4.42. The van der Waals surface area contributed by atoms with Gasteiger partial charge in [0.15, 0.2) is 0 Å². The highest BCUT2D eigenvalue weighted by Gasteiger charge is 2.14. The molecule has 0 saturated carbocycles. The highest BCUT2D eigenvalue weighted by molar-refractivity contribution is 5.92. The summed E-state index contributed by atoms with van der Waals surface area (Å²) >= 11 is 0. The number of aromatic carboxylic acids is 1. The van der Waals surface area contributed by atoms with Crippen LogP contribution in [-0.4, -0.2) is 47.4 Å². The van der Waals surface area contributed by atoms with Crippen LogP contribution in [-0.2, 0) is 4.74 Å². The third-order valence-corrected chi connectivity index (χ3v) is 3.25. The lowest BCUT2D eigenvalue weighted by Gasteiger charge is -2.13. The van der Waals surface area contributed by atoms with Gasteiger partial charge in [0.2, 0.25) is 5.95 Å². The van der Waals surface area contributed by atoms with E-state index in [-0.39, 0.29) is 11.6 Å². The molecular formula is C17H21N3O4. The fraction of sp³-hybridized carbons (Fsp3) is 0.353. The topological polar surface area (TPSA) is 93.6 Å². The van der Waals surface area contributed by atoms with E-state index in [9.17, 15) is 9.90 Å². The van der Waals surface area contributed by atoms with Crippen molar-refractivity contribution in [3.63, 3.8) is 0 Å². The molecule has 0 radical (unpaired) electrons. The Kier molecular flexibility index (Phi) is 6.08. The Bertz CT molecular complexity index is 706. The molecule has 0 amide bonds. The Morgan fingerprint density at radius 3 is 2.83 bits per heavy atom. The Morgan fingerprint density at radius 1 is 1.38 bits per heavy atom. The molecule has 1 heterocycles. The van der Waals surface area contributed by atoms with Gasteiger partial charge >= 0.3 is 5.97 Å². The van der Waals surface area contributed by atoms with E-state index < -0.39 is 5.97 Å². The second kappa shape index (κ2) is 8.26. The van der Waals surface area contributed by atoms with Gasteiger partial charge in [0.05, 0.1) is 18.9 Å². The first-order valence-corrected chi connectivity index (χ1v) is 7.64. The lowest BCUT2D eigenvalue weighted by Crippen LogP contribution is -2.22. The highest BCUT2D eigenvalue weighted by Crippen LogP contribution is 2.26. The first-order valence-electron chi connectivity index (χ1n) is 7.64.